The van der Waals surface area contributed by atoms with Gasteiger partial charge in [0.05, 0.1) is 5.56 Å². The number of benzene rings is 1. The van der Waals surface area contributed by atoms with Crippen molar-refractivity contribution in [2.45, 2.75) is 32.6 Å². The van der Waals surface area contributed by atoms with E-state index in [-0.39, 0.29) is 12.5 Å². The van der Waals surface area contributed by atoms with Crippen LogP contribution in [0.2, 0.25) is 0 Å². The minimum Gasteiger partial charge on any atom is -0.452 e. The zero-order valence-electron chi connectivity index (χ0n) is 15.2. The maximum Gasteiger partial charge on any atom is 0.339 e. The number of amides is 2. The van der Waals surface area contributed by atoms with Crippen LogP contribution in [0.5, 0.6) is 0 Å². The van der Waals surface area contributed by atoms with Gasteiger partial charge in [-0.05, 0) is 56.4 Å². The first-order valence-electron chi connectivity index (χ1n) is 9.03. The molecule has 2 amide bonds. The van der Waals surface area contributed by atoms with Gasteiger partial charge in [-0.3, -0.25) is 9.59 Å². The molecule has 1 heterocycles. The summed E-state index contributed by atoms with van der Waals surface area (Å²) < 4.78 is 5.18. The molecule has 0 saturated heterocycles. The Labute approximate surface area is 161 Å². The van der Waals surface area contributed by atoms with Crippen molar-refractivity contribution in [1.29, 1.82) is 0 Å². The second kappa shape index (κ2) is 8.81. The number of hydrogen-bond acceptors (Lipinski definition) is 5. The Kier molecular flexibility index (Phi) is 6.24. The zero-order valence-corrected chi connectivity index (χ0v) is 16.0. The van der Waals surface area contributed by atoms with E-state index in [1.54, 1.807) is 35.6 Å². The van der Waals surface area contributed by atoms with Crippen LogP contribution in [0.25, 0.3) is 0 Å². The first-order valence-corrected chi connectivity index (χ1v) is 9.91. The number of carbonyl (C=O) groups is 3. The van der Waals surface area contributed by atoms with E-state index >= 15 is 0 Å². The Morgan fingerprint density at radius 3 is 2.81 bits per heavy atom. The van der Waals surface area contributed by atoms with Gasteiger partial charge in [0.15, 0.2) is 6.61 Å². The molecule has 0 radical (unpaired) electrons. The molecule has 0 saturated carbocycles. The summed E-state index contributed by atoms with van der Waals surface area (Å²) in [6, 6.07) is 6.61. The minimum atomic E-state index is -0.458. The van der Waals surface area contributed by atoms with Crippen molar-refractivity contribution in [3.05, 3.63) is 51.2 Å². The minimum absolute atomic E-state index is 0.206. The van der Waals surface area contributed by atoms with E-state index in [2.05, 4.69) is 10.6 Å². The van der Waals surface area contributed by atoms with Crippen LogP contribution in [-0.4, -0.2) is 30.9 Å². The average Bonchev–Trinajstić information content (AvgIpc) is 3.11. The van der Waals surface area contributed by atoms with Crippen molar-refractivity contribution in [1.82, 2.24) is 5.32 Å². The van der Waals surface area contributed by atoms with Crippen LogP contribution in [-0.2, 0) is 22.4 Å². The molecule has 1 aliphatic carbocycles. The number of carbonyl (C=O) groups excluding carboxylic acids is 3. The number of rotatable bonds is 6. The molecule has 1 aliphatic rings. The van der Waals surface area contributed by atoms with Gasteiger partial charge in [-0.15, -0.1) is 11.3 Å². The third-order valence-corrected chi connectivity index (χ3v) is 5.45. The quantitative estimate of drug-likeness (QED) is 0.747. The van der Waals surface area contributed by atoms with Crippen molar-refractivity contribution in [2.24, 2.45) is 0 Å². The predicted molar refractivity (Wildman–Crippen MR) is 104 cm³/mol. The fraction of sp³-hybridized carbons (Fsp3) is 0.350. The Hall–Kier alpha value is -2.67. The van der Waals surface area contributed by atoms with Crippen molar-refractivity contribution < 1.29 is 19.1 Å². The molecule has 1 aromatic heterocycles. The second-order valence-corrected chi connectivity index (χ2v) is 7.29. The molecule has 2 N–H and O–H groups in total. The van der Waals surface area contributed by atoms with Gasteiger partial charge in [-0.1, -0.05) is 6.07 Å². The van der Waals surface area contributed by atoms with Gasteiger partial charge in [0.25, 0.3) is 11.8 Å². The molecule has 0 fully saturated rings. The lowest BCUT2D eigenvalue weighted by Crippen LogP contribution is -2.23. The van der Waals surface area contributed by atoms with Crippen LogP contribution >= 0.6 is 11.3 Å². The number of hydrogen-bond donors (Lipinski definition) is 2. The fourth-order valence-electron chi connectivity index (χ4n) is 3.07. The molecule has 0 unspecified atom stereocenters. The Balaban J connectivity index is 1.55. The third kappa shape index (κ3) is 4.74. The van der Waals surface area contributed by atoms with Crippen molar-refractivity contribution in [3.8, 4) is 0 Å². The maximum atomic E-state index is 12.3. The predicted octanol–water partition coefficient (Wildman–Crippen LogP) is 3.17. The number of thiophene rings is 1. The molecule has 0 bridgehead atoms. The molecule has 6 nitrogen and oxygen atoms in total. The molecule has 27 heavy (non-hydrogen) atoms. The number of fused-ring (bicyclic) bond motifs is 1. The summed E-state index contributed by atoms with van der Waals surface area (Å²) in [7, 11) is 0. The van der Waals surface area contributed by atoms with Gasteiger partial charge >= 0.3 is 5.97 Å². The Morgan fingerprint density at radius 2 is 2.00 bits per heavy atom. The van der Waals surface area contributed by atoms with E-state index in [9.17, 15) is 14.4 Å². The van der Waals surface area contributed by atoms with Gasteiger partial charge in [-0.2, -0.15) is 0 Å². The standard InChI is InChI=1S/C20H22N2O4S/c1-2-21-19(24)13-6-5-7-14(10-13)22-18(23)11-26-20(25)16-12-27-17-9-4-3-8-15(16)17/h5-7,10,12H,2-4,8-9,11H2,1H3,(H,21,24)(H,22,23). The summed E-state index contributed by atoms with van der Waals surface area (Å²) in [6.07, 6.45) is 4.13. The number of ether oxygens (including phenoxy) is 1. The van der Waals surface area contributed by atoms with E-state index in [0.29, 0.717) is 23.4 Å². The molecule has 0 spiro atoms. The lowest BCUT2D eigenvalue weighted by molar-refractivity contribution is -0.119. The van der Waals surface area contributed by atoms with Crippen molar-refractivity contribution in [2.75, 3.05) is 18.5 Å². The summed E-state index contributed by atoms with van der Waals surface area (Å²) in [4.78, 5) is 37.5. The lowest BCUT2D eigenvalue weighted by Gasteiger charge is -2.12. The highest BCUT2D eigenvalue weighted by atomic mass is 32.1. The SMILES string of the molecule is CCNC(=O)c1cccc(NC(=O)COC(=O)c2csc3c2CCCC3)c1. The highest BCUT2D eigenvalue weighted by Crippen LogP contribution is 2.30. The van der Waals surface area contributed by atoms with Crippen LogP contribution in [0, 0.1) is 0 Å². The summed E-state index contributed by atoms with van der Waals surface area (Å²) >= 11 is 1.59. The van der Waals surface area contributed by atoms with Gasteiger partial charge < -0.3 is 15.4 Å². The zero-order chi connectivity index (χ0) is 19.2. The number of aryl methyl sites for hydroxylation is 1. The molecule has 2 aromatic rings. The average molecular weight is 386 g/mol. The van der Waals surface area contributed by atoms with Gasteiger partial charge in [0, 0.05) is 28.1 Å². The van der Waals surface area contributed by atoms with Crippen LogP contribution < -0.4 is 10.6 Å². The van der Waals surface area contributed by atoms with E-state index in [4.69, 9.17) is 4.74 Å². The van der Waals surface area contributed by atoms with Gasteiger partial charge in [0.1, 0.15) is 0 Å². The third-order valence-electron chi connectivity index (χ3n) is 4.36. The molecule has 0 aliphatic heterocycles. The summed E-state index contributed by atoms with van der Waals surface area (Å²) in [5.74, 6) is -1.11. The molecule has 7 heteroatoms. The fourth-order valence-corrected chi connectivity index (χ4v) is 4.19. The van der Waals surface area contributed by atoms with Crippen LogP contribution in [0.1, 0.15) is 50.9 Å². The molecular weight excluding hydrogens is 364 g/mol. The first kappa shape index (κ1) is 19.1. The van der Waals surface area contributed by atoms with Crippen LogP contribution in [0.15, 0.2) is 29.6 Å². The van der Waals surface area contributed by atoms with E-state index in [1.165, 1.54) is 4.88 Å². The lowest BCUT2D eigenvalue weighted by atomic mass is 9.96. The summed E-state index contributed by atoms with van der Waals surface area (Å²) in [5.41, 5.74) is 2.59. The maximum absolute atomic E-state index is 12.3. The van der Waals surface area contributed by atoms with Crippen molar-refractivity contribution >= 4 is 34.8 Å². The number of nitrogens with one attached hydrogen (secondary N) is 2. The highest BCUT2D eigenvalue weighted by molar-refractivity contribution is 7.10. The van der Waals surface area contributed by atoms with Crippen LogP contribution in [0.3, 0.4) is 0 Å². The van der Waals surface area contributed by atoms with Gasteiger partial charge in [0.2, 0.25) is 0 Å². The highest BCUT2D eigenvalue weighted by Gasteiger charge is 2.21. The first-order chi connectivity index (χ1) is 13.1. The largest absolute Gasteiger partial charge is 0.452 e. The Morgan fingerprint density at radius 1 is 1.19 bits per heavy atom. The summed E-state index contributed by atoms with van der Waals surface area (Å²) in [5, 5.41) is 7.18. The molecule has 142 valence electrons. The van der Waals surface area contributed by atoms with E-state index < -0.39 is 11.9 Å². The summed E-state index contributed by atoms with van der Waals surface area (Å²) in [6.45, 7) is 2.00. The molecular formula is C20H22N2O4S. The van der Waals surface area contributed by atoms with Crippen molar-refractivity contribution in [3.63, 3.8) is 0 Å². The topological polar surface area (TPSA) is 84.5 Å². The van der Waals surface area contributed by atoms with Gasteiger partial charge in [-0.25, -0.2) is 4.79 Å². The van der Waals surface area contributed by atoms with E-state index in [0.717, 1.165) is 31.2 Å². The molecule has 1 aromatic carbocycles. The monoisotopic (exact) mass is 386 g/mol. The number of anilines is 1. The van der Waals surface area contributed by atoms with Crippen LogP contribution in [0.4, 0.5) is 5.69 Å². The molecule has 0 atom stereocenters. The van der Waals surface area contributed by atoms with E-state index in [1.807, 2.05) is 12.3 Å². The molecule has 3 rings (SSSR count). The second-order valence-electron chi connectivity index (χ2n) is 6.32. The normalized spacial score (nSPS) is 12.8. The Bertz CT molecular complexity index is 859. The number of esters is 1. The smallest absolute Gasteiger partial charge is 0.339 e.